The average molecular weight is 278 g/mol. The normalized spacial score (nSPS) is 10.2. The SMILES string of the molecule is NCCc1nnc(NC(=O)COc2ccccc2)s1. The highest BCUT2D eigenvalue weighted by molar-refractivity contribution is 7.15. The molecule has 0 bridgehead atoms. The number of benzene rings is 1. The van der Waals surface area contributed by atoms with Crippen LogP contribution in [-0.2, 0) is 11.2 Å². The van der Waals surface area contributed by atoms with E-state index in [2.05, 4.69) is 15.5 Å². The highest BCUT2D eigenvalue weighted by atomic mass is 32.1. The number of nitrogens with two attached hydrogens (primary N) is 1. The Morgan fingerprint density at radius 3 is 2.84 bits per heavy atom. The van der Waals surface area contributed by atoms with E-state index in [1.54, 1.807) is 12.1 Å². The first-order valence-corrected chi connectivity index (χ1v) is 6.59. The van der Waals surface area contributed by atoms with Gasteiger partial charge in [0.1, 0.15) is 10.8 Å². The predicted molar refractivity (Wildman–Crippen MR) is 73.2 cm³/mol. The molecular formula is C12H14N4O2S. The number of ether oxygens (including phenoxy) is 1. The van der Waals surface area contributed by atoms with Gasteiger partial charge in [-0.1, -0.05) is 29.5 Å². The van der Waals surface area contributed by atoms with E-state index in [1.807, 2.05) is 18.2 Å². The largest absolute Gasteiger partial charge is 0.484 e. The fourth-order valence-electron chi connectivity index (χ4n) is 1.35. The van der Waals surface area contributed by atoms with Gasteiger partial charge in [0.25, 0.3) is 5.91 Å². The van der Waals surface area contributed by atoms with Crippen LogP contribution in [0.5, 0.6) is 5.75 Å². The number of carbonyl (C=O) groups is 1. The summed E-state index contributed by atoms with van der Waals surface area (Å²) in [6, 6.07) is 9.15. The summed E-state index contributed by atoms with van der Waals surface area (Å²) in [5.74, 6) is 0.387. The van der Waals surface area contributed by atoms with Gasteiger partial charge in [0.15, 0.2) is 6.61 Å². The number of carbonyl (C=O) groups excluding carboxylic acids is 1. The lowest BCUT2D eigenvalue weighted by Gasteiger charge is -2.04. The van der Waals surface area contributed by atoms with Crippen molar-refractivity contribution in [3.63, 3.8) is 0 Å². The zero-order valence-corrected chi connectivity index (χ0v) is 11.0. The van der Waals surface area contributed by atoms with Gasteiger partial charge in [-0.15, -0.1) is 10.2 Å². The van der Waals surface area contributed by atoms with E-state index in [4.69, 9.17) is 10.5 Å². The summed E-state index contributed by atoms with van der Waals surface area (Å²) in [5.41, 5.74) is 5.41. The minimum absolute atomic E-state index is 0.0597. The molecule has 2 aromatic rings. The molecule has 0 radical (unpaired) electrons. The summed E-state index contributed by atoms with van der Waals surface area (Å²) in [5, 5.41) is 11.7. The summed E-state index contributed by atoms with van der Waals surface area (Å²) in [7, 11) is 0. The number of hydrogen-bond donors (Lipinski definition) is 2. The molecule has 1 aromatic heterocycles. The van der Waals surface area contributed by atoms with Crippen LogP contribution < -0.4 is 15.8 Å². The zero-order chi connectivity index (χ0) is 13.5. The molecule has 0 aliphatic carbocycles. The molecule has 3 N–H and O–H groups in total. The molecule has 1 aromatic carbocycles. The van der Waals surface area contributed by atoms with Gasteiger partial charge in [0, 0.05) is 6.42 Å². The molecule has 0 spiro atoms. The van der Waals surface area contributed by atoms with Gasteiger partial charge >= 0.3 is 0 Å². The zero-order valence-electron chi connectivity index (χ0n) is 10.2. The summed E-state index contributed by atoms with van der Waals surface area (Å²) in [4.78, 5) is 11.6. The number of aromatic nitrogens is 2. The third-order valence-corrected chi connectivity index (χ3v) is 3.08. The van der Waals surface area contributed by atoms with Crippen molar-refractivity contribution in [1.82, 2.24) is 10.2 Å². The number of rotatable bonds is 6. The smallest absolute Gasteiger partial charge is 0.264 e. The van der Waals surface area contributed by atoms with E-state index in [9.17, 15) is 4.79 Å². The third kappa shape index (κ3) is 4.31. The Kier molecular flexibility index (Phi) is 4.82. The highest BCUT2D eigenvalue weighted by Gasteiger charge is 2.08. The van der Waals surface area contributed by atoms with Gasteiger partial charge in [0.05, 0.1) is 0 Å². The maximum absolute atomic E-state index is 11.6. The van der Waals surface area contributed by atoms with Gasteiger partial charge in [0.2, 0.25) is 5.13 Å². The van der Waals surface area contributed by atoms with Crippen molar-refractivity contribution in [2.24, 2.45) is 5.73 Å². The Hall–Kier alpha value is -1.99. The van der Waals surface area contributed by atoms with Crippen LogP contribution in [-0.4, -0.2) is 29.3 Å². The lowest BCUT2D eigenvalue weighted by molar-refractivity contribution is -0.118. The van der Waals surface area contributed by atoms with E-state index in [-0.39, 0.29) is 12.5 Å². The molecule has 0 fully saturated rings. The van der Waals surface area contributed by atoms with E-state index < -0.39 is 0 Å². The lowest BCUT2D eigenvalue weighted by atomic mass is 10.3. The molecule has 0 unspecified atom stereocenters. The van der Waals surface area contributed by atoms with Gasteiger partial charge in [-0.3, -0.25) is 10.1 Å². The molecule has 0 saturated carbocycles. The van der Waals surface area contributed by atoms with Crippen LogP contribution in [0.4, 0.5) is 5.13 Å². The maximum atomic E-state index is 11.6. The first-order valence-electron chi connectivity index (χ1n) is 5.78. The molecule has 6 nitrogen and oxygen atoms in total. The summed E-state index contributed by atoms with van der Waals surface area (Å²) < 4.78 is 5.32. The second-order valence-electron chi connectivity index (χ2n) is 3.69. The van der Waals surface area contributed by atoms with Crippen LogP contribution in [0.25, 0.3) is 0 Å². The van der Waals surface area contributed by atoms with Crippen LogP contribution in [0.15, 0.2) is 30.3 Å². The molecule has 0 saturated heterocycles. The molecule has 2 rings (SSSR count). The first-order chi connectivity index (χ1) is 9.28. The van der Waals surface area contributed by atoms with E-state index in [0.29, 0.717) is 23.8 Å². The van der Waals surface area contributed by atoms with Crippen LogP contribution in [0, 0.1) is 0 Å². The van der Waals surface area contributed by atoms with Crippen LogP contribution >= 0.6 is 11.3 Å². The minimum atomic E-state index is -0.265. The molecule has 0 aliphatic heterocycles. The summed E-state index contributed by atoms with van der Waals surface area (Å²) >= 11 is 1.32. The Morgan fingerprint density at radius 2 is 2.11 bits per heavy atom. The maximum Gasteiger partial charge on any atom is 0.264 e. The Balaban J connectivity index is 1.80. The molecule has 0 aliphatic rings. The van der Waals surface area contributed by atoms with Crippen LogP contribution in [0.2, 0.25) is 0 Å². The van der Waals surface area contributed by atoms with Crippen molar-refractivity contribution < 1.29 is 9.53 Å². The van der Waals surface area contributed by atoms with Gasteiger partial charge in [-0.05, 0) is 18.7 Å². The Morgan fingerprint density at radius 1 is 1.32 bits per heavy atom. The van der Waals surface area contributed by atoms with Gasteiger partial charge in [-0.25, -0.2) is 0 Å². The molecule has 100 valence electrons. The number of para-hydroxylation sites is 1. The fraction of sp³-hybridized carbons (Fsp3) is 0.250. The molecule has 1 amide bonds. The predicted octanol–water partition coefficient (Wildman–Crippen LogP) is 1.06. The number of nitrogens with zero attached hydrogens (tertiary/aromatic N) is 2. The molecule has 1 heterocycles. The number of hydrogen-bond acceptors (Lipinski definition) is 6. The van der Waals surface area contributed by atoms with Gasteiger partial charge < -0.3 is 10.5 Å². The topological polar surface area (TPSA) is 90.1 Å². The number of amides is 1. The average Bonchev–Trinajstić information content (AvgIpc) is 2.85. The molecule has 0 atom stereocenters. The quantitative estimate of drug-likeness (QED) is 0.824. The van der Waals surface area contributed by atoms with Crippen molar-refractivity contribution >= 4 is 22.4 Å². The minimum Gasteiger partial charge on any atom is -0.484 e. The Labute approximate surface area is 114 Å². The first kappa shape index (κ1) is 13.4. The summed E-state index contributed by atoms with van der Waals surface area (Å²) in [6.45, 7) is 0.454. The molecule has 19 heavy (non-hydrogen) atoms. The van der Waals surface area contributed by atoms with Crippen LogP contribution in [0.3, 0.4) is 0 Å². The standard InChI is InChI=1S/C12H14N4O2S/c13-7-6-11-15-16-12(19-11)14-10(17)8-18-9-4-2-1-3-5-9/h1-5H,6-8,13H2,(H,14,16,17). The third-order valence-electron chi connectivity index (χ3n) is 2.18. The van der Waals surface area contributed by atoms with Crippen molar-refractivity contribution in [3.05, 3.63) is 35.3 Å². The fourth-order valence-corrected chi connectivity index (χ4v) is 2.12. The highest BCUT2D eigenvalue weighted by Crippen LogP contribution is 2.15. The van der Waals surface area contributed by atoms with Crippen molar-refractivity contribution in [2.45, 2.75) is 6.42 Å². The van der Waals surface area contributed by atoms with Crippen LogP contribution in [0.1, 0.15) is 5.01 Å². The van der Waals surface area contributed by atoms with Crippen molar-refractivity contribution in [2.75, 3.05) is 18.5 Å². The molecule has 7 heteroatoms. The van der Waals surface area contributed by atoms with E-state index in [0.717, 1.165) is 5.01 Å². The summed E-state index contributed by atoms with van der Waals surface area (Å²) in [6.07, 6.45) is 0.661. The number of anilines is 1. The lowest BCUT2D eigenvalue weighted by Crippen LogP contribution is -2.20. The Bertz CT molecular complexity index is 530. The number of nitrogens with one attached hydrogen (secondary N) is 1. The monoisotopic (exact) mass is 278 g/mol. The second kappa shape index (κ2) is 6.81. The van der Waals surface area contributed by atoms with Crippen molar-refractivity contribution in [3.8, 4) is 5.75 Å². The second-order valence-corrected chi connectivity index (χ2v) is 4.75. The van der Waals surface area contributed by atoms with E-state index >= 15 is 0 Å². The van der Waals surface area contributed by atoms with E-state index in [1.165, 1.54) is 11.3 Å². The van der Waals surface area contributed by atoms with Gasteiger partial charge in [-0.2, -0.15) is 0 Å². The van der Waals surface area contributed by atoms with Crippen molar-refractivity contribution in [1.29, 1.82) is 0 Å². The molecular weight excluding hydrogens is 264 g/mol.